The van der Waals surface area contributed by atoms with E-state index in [2.05, 4.69) is 4.74 Å². The van der Waals surface area contributed by atoms with Crippen molar-refractivity contribution < 1.29 is 27.4 Å². The number of ether oxygens (including phenoxy) is 2. The Morgan fingerprint density at radius 3 is 2.43 bits per heavy atom. The van der Waals surface area contributed by atoms with E-state index in [-0.39, 0.29) is 17.4 Å². The zero-order chi connectivity index (χ0) is 15.5. The molecule has 116 valence electrons. The maximum absolute atomic E-state index is 12.1. The summed E-state index contributed by atoms with van der Waals surface area (Å²) < 4.78 is 45.4. The number of benzene rings is 1. The number of esters is 1. The molecule has 2 rings (SSSR count). The molecule has 0 amide bonds. The Balaban J connectivity index is 2.03. The smallest absolute Gasteiger partial charge is 0.459 e. The summed E-state index contributed by atoms with van der Waals surface area (Å²) in [5, 5.41) is 0. The molecule has 0 aromatic heterocycles. The lowest BCUT2D eigenvalue weighted by molar-refractivity contribution is -0.274. The summed E-state index contributed by atoms with van der Waals surface area (Å²) in [6.07, 6.45) is -0.161. The highest BCUT2D eigenvalue weighted by molar-refractivity contribution is 5.91. The van der Waals surface area contributed by atoms with Gasteiger partial charge in [0.05, 0.1) is 11.3 Å². The van der Waals surface area contributed by atoms with Gasteiger partial charge in [0.2, 0.25) is 0 Å². The number of rotatable bonds is 3. The number of carbonyl (C=O) groups excluding carboxylic acids is 1. The van der Waals surface area contributed by atoms with Crippen LogP contribution in [0.2, 0.25) is 0 Å². The van der Waals surface area contributed by atoms with Crippen molar-refractivity contribution in [2.24, 2.45) is 0 Å². The van der Waals surface area contributed by atoms with E-state index >= 15 is 0 Å². The van der Waals surface area contributed by atoms with Crippen LogP contribution in [0.15, 0.2) is 18.2 Å². The van der Waals surface area contributed by atoms with Crippen molar-refractivity contribution in [3.05, 3.63) is 23.8 Å². The number of alkyl halides is 3. The highest BCUT2D eigenvalue weighted by atomic mass is 19.4. The Morgan fingerprint density at radius 2 is 1.86 bits per heavy atom. The average molecular weight is 303 g/mol. The van der Waals surface area contributed by atoms with Gasteiger partial charge in [-0.3, -0.25) is 0 Å². The molecule has 4 nitrogen and oxygen atoms in total. The van der Waals surface area contributed by atoms with E-state index in [1.165, 1.54) is 6.07 Å². The predicted molar refractivity (Wildman–Crippen MR) is 69.8 cm³/mol. The van der Waals surface area contributed by atoms with Crippen LogP contribution in [0.1, 0.15) is 42.5 Å². The first-order chi connectivity index (χ1) is 9.85. The molecule has 0 spiro atoms. The monoisotopic (exact) mass is 303 g/mol. The van der Waals surface area contributed by atoms with Crippen molar-refractivity contribution in [3.8, 4) is 5.75 Å². The number of halogens is 3. The topological polar surface area (TPSA) is 61.6 Å². The number of hydrogen-bond donors (Lipinski definition) is 1. The third-order valence-corrected chi connectivity index (χ3v) is 3.30. The van der Waals surface area contributed by atoms with Crippen LogP contribution in [0.5, 0.6) is 5.75 Å². The minimum Gasteiger partial charge on any atom is -0.459 e. The summed E-state index contributed by atoms with van der Waals surface area (Å²) in [7, 11) is 0. The van der Waals surface area contributed by atoms with Gasteiger partial charge in [0.15, 0.2) is 5.75 Å². The molecule has 0 radical (unpaired) electrons. The second-order valence-electron chi connectivity index (χ2n) is 4.97. The fourth-order valence-corrected chi connectivity index (χ4v) is 2.30. The SMILES string of the molecule is Nc1cc(C(=O)OC2CCCCC2)ccc1OC(F)(F)F. The highest BCUT2D eigenvalue weighted by Crippen LogP contribution is 2.29. The largest absolute Gasteiger partial charge is 0.573 e. The van der Waals surface area contributed by atoms with E-state index in [9.17, 15) is 18.0 Å². The maximum Gasteiger partial charge on any atom is 0.573 e. The van der Waals surface area contributed by atoms with Crippen LogP contribution in [0, 0.1) is 0 Å². The fourth-order valence-electron chi connectivity index (χ4n) is 2.30. The van der Waals surface area contributed by atoms with E-state index in [0.29, 0.717) is 0 Å². The molecule has 21 heavy (non-hydrogen) atoms. The van der Waals surface area contributed by atoms with Crippen LogP contribution in [0.4, 0.5) is 18.9 Å². The molecular weight excluding hydrogens is 287 g/mol. The number of carbonyl (C=O) groups is 1. The van der Waals surface area contributed by atoms with Gasteiger partial charge in [-0.2, -0.15) is 0 Å². The van der Waals surface area contributed by atoms with Crippen LogP contribution in [-0.2, 0) is 4.74 Å². The van der Waals surface area contributed by atoms with Gasteiger partial charge < -0.3 is 15.2 Å². The predicted octanol–water partition coefficient (Wildman–Crippen LogP) is 3.66. The van der Waals surface area contributed by atoms with Crippen molar-refractivity contribution >= 4 is 11.7 Å². The molecule has 1 aromatic carbocycles. The van der Waals surface area contributed by atoms with E-state index in [4.69, 9.17) is 10.5 Å². The normalized spacial score (nSPS) is 16.5. The summed E-state index contributed by atoms with van der Waals surface area (Å²) >= 11 is 0. The zero-order valence-electron chi connectivity index (χ0n) is 11.3. The van der Waals surface area contributed by atoms with E-state index < -0.39 is 18.1 Å². The molecule has 1 aliphatic rings. The first-order valence-electron chi connectivity index (χ1n) is 6.71. The van der Waals surface area contributed by atoms with Crippen molar-refractivity contribution in [2.45, 2.75) is 44.6 Å². The van der Waals surface area contributed by atoms with Crippen LogP contribution in [0.3, 0.4) is 0 Å². The Bertz CT molecular complexity index is 511. The quantitative estimate of drug-likeness (QED) is 0.684. The van der Waals surface area contributed by atoms with Gasteiger partial charge in [0, 0.05) is 0 Å². The zero-order valence-corrected chi connectivity index (χ0v) is 11.3. The number of nitrogens with two attached hydrogens (primary N) is 1. The van der Waals surface area contributed by atoms with Crippen LogP contribution in [0.25, 0.3) is 0 Å². The van der Waals surface area contributed by atoms with Crippen molar-refractivity contribution in [1.29, 1.82) is 0 Å². The second kappa shape index (κ2) is 6.24. The van der Waals surface area contributed by atoms with Gasteiger partial charge in [-0.05, 0) is 43.9 Å². The van der Waals surface area contributed by atoms with Crippen LogP contribution >= 0.6 is 0 Å². The molecule has 0 atom stereocenters. The molecule has 0 saturated heterocycles. The Morgan fingerprint density at radius 1 is 1.19 bits per heavy atom. The summed E-state index contributed by atoms with van der Waals surface area (Å²) in [5.74, 6) is -1.11. The minimum absolute atomic E-state index is 0.118. The molecule has 0 aliphatic heterocycles. The second-order valence-corrected chi connectivity index (χ2v) is 4.97. The molecule has 2 N–H and O–H groups in total. The summed E-state index contributed by atoms with van der Waals surface area (Å²) in [6, 6.07) is 3.36. The molecule has 0 unspecified atom stereocenters. The fraction of sp³-hybridized carbons (Fsp3) is 0.500. The van der Waals surface area contributed by atoms with Crippen LogP contribution in [-0.4, -0.2) is 18.4 Å². The molecule has 1 aromatic rings. The number of anilines is 1. The highest BCUT2D eigenvalue weighted by Gasteiger charge is 2.32. The summed E-state index contributed by atoms with van der Waals surface area (Å²) in [6.45, 7) is 0. The van der Waals surface area contributed by atoms with Gasteiger partial charge in [-0.1, -0.05) is 6.42 Å². The molecule has 7 heteroatoms. The maximum atomic E-state index is 12.1. The lowest BCUT2D eigenvalue weighted by Gasteiger charge is -2.22. The molecule has 1 aliphatic carbocycles. The third kappa shape index (κ3) is 4.54. The number of hydrogen-bond acceptors (Lipinski definition) is 4. The van der Waals surface area contributed by atoms with Gasteiger partial charge in [0.1, 0.15) is 6.10 Å². The van der Waals surface area contributed by atoms with Gasteiger partial charge in [0.25, 0.3) is 0 Å². The lowest BCUT2D eigenvalue weighted by Crippen LogP contribution is -2.21. The average Bonchev–Trinajstić information content (AvgIpc) is 2.40. The standard InChI is InChI=1S/C14H16F3NO3/c15-14(16,17)21-12-7-6-9(8-11(12)18)13(19)20-10-4-2-1-3-5-10/h6-8,10H,1-5,18H2. The first kappa shape index (κ1) is 15.5. The van der Waals surface area contributed by atoms with Crippen molar-refractivity contribution in [3.63, 3.8) is 0 Å². The minimum atomic E-state index is -4.82. The van der Waals surface area contributed by atoms with Crippen molar-refractivity contribution in [1.82, 2.24) is 0 Å². The summed E-state index contributed by atoms with van der Waals surface area (Å²) in [5.41, 5.74) is 5.33. The van der Waals surface area contributed by atoms with E-state index in [1.807, 2.05) is 0 Å². The number of nitrogen functional groups attached to an aromatic ring is 1. The third-order valence-electron chi connectivity index (χ3n) is 3.30. The lowest BCUT2D eigenvalue weighted by atomic mass is 9.98. The Kier molecular flexibility index (Phi) is 4.59. The Labute approximate surface area is 120 Å². The molecule has 0 bridgehead atoms. The Hall–Kier alpha value is -1.92. The van der Waals surface area contributed by atoms with E-state index in [0.717, 1.165) is 44.2 Å². The van der Waals surface area contributed by atoms with E-state index in [1.54, 1.807) is 0 Å². The van der Waals surface area contributed by atoms with Gasteiger partial charge in [-0.15, -0.1) is 13.2 Å². The molecular formula is C14H16F3NO3. The molecule has 1 fully saturated rings. The first-order valence-corrected chi connectivity index (χ1v) is 6.71. The molecule has 0 heterocycles. The van der Waals surface area contributed by atoms with Gasteiger partial charge in [-0.25, -0.2) is 4.79 Å². The van der Waals surface area contributed by atoms with Crippen LogP contribution < -0.4 is 10.5 Å². The van der Waals surface area contributed by atoms with Gasteiger partial charge >= 0.3 is 12.3 Å². The van der Waals surface area contributed by atoms with Crippen molar-refractivity contribution in [2.75, 3.05) is 5.73 Å². The summed E-state index contributed by atoms with van der Waals surface area (Å²) in [4.78, 5) is 11.9. The molecule has 1 saturated carbocycles.